The Hall–Kier alpha value is -1.64. The van der Waals surface area contributed by atoms with E-state index >= 15 is 0 Å². The third-order valence-electron chi connectivity index (χ3n) is 5.86. The summed E-state index contributed by atoms with van der Waals surface area (Å²) in [5.74, 6) is 0. The molecule has 0 amide bonds. The maximum Gasteiger partial charge on any atom is 0.0824 e. The highest BCUT2D eigenvalue weighted by atomic mass is 16.5. The molecule has 28 heavy (non-hydrogen) atoms. The van der Waals surface area contributed by atoms with Crippen LogP contribution in [0.3, 0.4) is 0 Å². The average molecular weight is 380 g/mol. The summed E-state index contributed by atoms with van der Waals surface area (Å²) in [6.45, 7) is 6.77. The molecule has 2 nitrogen and oxygen atoms in total. The van der Waals surface area contributed by atoms with Crippen molar-refractivity contribution in [2.75, 3.05) is 26.2 Å². The molecule has 1 aliphatic heterocycles. The molecule has 1 atom stereocenters. The third-order valence-corrected chi connectivity index (χ3v) is 5.86. The first-order valence-electron chi connectivity index (χ1n) is 11.3. The molecule has 152 valence electrons. The standard InChI is InChI=1S/C26H37NO/c1-23-15-17-25(18-16-23)26(14-7-6-13-24-11-4-2-5-12-24)28-22-10-21-27-19-8-3-9-20-27/h2,4-5,11-12,15-18,26H,3,6-10,13-14,19-22H2,1H3. The van der Waals surface area contributed by atoms with E-state index < -0.39 is 0 Å². The smallest absolute Gasteiger partial charge is 0.0824 e. The number of hydrogen-bond donors (Lipinski definition) is 0. The van der Waals surface area contributed by atoms with Crippen molar-refractivity contribution in [1.82, 2.24) is 4.90 Å². The number of piperidine rings is 1. The van der Waals surface area contributed by atoms with Crippen LogP contribution in [-0.2, 0) is 11.2 Å². The molecule has 0 aromatic heterocycles. The molecule has 3 rings (SSSR count). The van der Waals surface area contributed by atoms with Crippen LogP contribution in [-0.4, -0.2) is 31.1 Å². The first-order chi connectivity index (χ1) is 13.8. The summed E-state index contributed by atoms with van der Waals surface area (Å²) in [7, 11) is 0. The van der Waals surface area contributed by atoms with E-state index in [1.54, 1.807) is 0 Å². The molecule has 0 aliphatic carbocycles. The number of rotatable bonds is 11. The molecule has 1 unspecified atom stereocenters. The van der Waals surface area contributed by atoms with Gasteiger partial charge in [0.05, 0.1) is 6.10 Å². The largest absolute Gasteiger partial charge is 0.373 e. The van der Waals surface area contributed by atoms with Crippen LogP contribution in [0.15, 0.2) is 54.6 Å². The fraction of sp³-hybridized carbons (Fsp3) is 0.538. The summed E-state index contributed by atoms with van der Waals surface area (Å²) in [5, 5.41) is 0. The van der Waals surface area contributed by atoms with Gasteiger partial charge in [-0.2, -0.15) is 0 Å². The molecule has 0 radical (unpaired) electrons. The van der Waals surface area contributed by atoms with E-state index in [0.717, 1.165) is 25.9 Å². The first-order valence-corrected chi connectivity index (χ1v) is 11.3. The van der Waals surface area contributed by atoms with E-state index in [9.17, 15) is 0 Å². The van der Waals surface area contributed by atoms with E-state index in [1.807, 2.05) is 0 Å². The zero-order valence-corrected chi connectivity index (χ0v) is 17.6. The summed E-state index contributed by atoms with van der Waals surface area (Å²) < 4.78 is 6.38. The first kappa shape index (κ1) is 21.1. The predicted molar refractivity (Wildman–Crippen MR) is 119 cm³/mol. The van der Waals surface area contributed by atoms with Crippen molar-refractivity contribution in [3.8, 4) is 0 Å². The molecule has 1 fully saturated rings. The van der Waals surface area contributed by atoms with Gasteiger partial charge in [-0.15, -0.1) is 0 Å². The van der Waals surface area contributed by atoms with Crippen LogP contribution in [0, 0.1) is 6.92 Å². The molecule has 0 saturated carbocycles. The summed E-state index contributed by atoms with van der Waals surface area (Å²) in [5.41, 5.74) is 4.09. The van der Waals surface area contributed by atoms with Crippen molar-refractivity contribution in [2.24, 2.45) is 0 Å². The normalized spacial score (nSPS) is 16.2. The summed E-state index contributed by atoms with van der Waals surface area (Å²) in [4.78, 5) is 2.60. The van der Waals surface area contributed by atoms with Gasteiger partial charge in [0, 0.05) is 13.2 Å². The number of ether oxygens (including phenoxy) is 1. The topological polar surface area (TPSA) is 12.5 Å². The molecule has 0 N–H and O–H groups in total. The second-order valence-electron chi connectivity index (χ2n) is 8.26. The van der Waals surface area contributed by atoms with E-state index in [0.29, 0.717) is 0 Å². The highest BCUT2D eigenvalue weighted by Crippen LogP contribution is 2.25. The van der Waals surface area contributed by atoms with Gasteiger partial charge in [-0.05, 0) is 69.7 Å². The Labute approximate surface area is 171 Å². The summed E-state index contributed by atoms with van der Waals surface area (Å²) in [6.07, 6.45) is 10.2. The maximum atomic E-state index is 6.38. The average Bonchev–Trinajstić information content (AvgIpc) is 2.75. The number of benzene rings is 2. The molecular weight excluding hydrogens is 342 g/mol. The number of unbranched alkanes of at least 4 members (excludes halogenated alkanes) is 1. The molecule has 1 heterocycles. The second kappa shape index (κ2) is 12.0. The fourth-order valence-electron chi connectivity index (χ4n) is 4.13. The Morgan fingerprint density at radius 2 is 1.61 bits per heavy atom. The van der Waals surface area contributed by atoms with Crippen molar-refractivity contribution in [1.29, 1.82) is 0 Å². The minimum Gasteiger partial charge on any atom is -0.373 e. The molecule has 0 bridgehead atoms. The van der Waals surface area contributed by atoms with Gasteiger partial charge < -0.3 is 9.64 Å². The number of likely N-dealkylation sites (tertiary alicyclic amines) is 1. The Morgan fingerprint density at radius 1 is 0.857 bits per heavy atom. The van der Waals surface area contributed by atoms with E-state index in [2.05, 4.69) is 66.4 Å². The number of nitrogens with zero attached hydrogens (tertiary/aromatic N) is 1. The van der Waals surface area contributed by atoms with Crippen LogP contribution in [0.25, 0.3) is 0 Å². The Morgan fingerprint density at radius 3 is 2.36 bits per heavy atom. The van der Waals surface area contributed by atoms with Gasteiger partial charge in [0.25, 0.3) is 0 Å². The summed E-state index contributed by atoms with van der Waals surface area (Å²) in [6, 6.07) is 19.7. The highest BCUT2D eigenvalue weighted by molar-refractivity contribution is 5.23. The van der Waals surface area contributed by atoms with E-state index in [-0.39, 0.29) is 6.10 Å². The summed E-state index contributed by atoms with van der Waals surface area (Å²) >= 11 is 0. The van der Waals surface area contributed by atoms with Crippen molar-refractivity contribution in [3.63, 3.8) is 0 Å². The van der Waals surface area contributed by atoms with Gasteiger partial charge in [0.15, 0.2) is 0 Å². The molecule has 2 aromatic carbocycles. The monoisotopic (exact) mass is 379 g/mol. The lowest BCUT2D eigenvalue weighted by atomic mass is 10.0. The van der Waals surface area contributed by atoms with Crippen LogP contribution in [0.4, 0.5) is 0 Å². The van der Waals surface area contributed by atoms with Crippen molar-refractivity contribution in [3.05, 3.63) is 71.3 Å². The molecule has 1 saturated heterocycles. The molecule has 2 aromatic rings. The van der Waals surface area contributed by atoms with Gasteiger partial charge in [-0.1, -0.05) is 73.0 Å². The van der Waals surface area contributed by atoms with Crippen LogP contribution in [0.1, 0.15) is 67.7 Å². The van der Waals surface area contributed by atoms with Crippen LogP contribution < -0.4 is 0 Å². The fourth-order valence-corrected chi connectivity index (χ4v) is 4.13. The Balaban J connectivity index is 1.43. The number of aryl methyl sites for hydroxylation is 2. The quantitative estimate of drug-likeness (QED) is 0.422. The van der Waals surface area contributed by atoms with Gasteiger partial charge in [0.2, 0.25) is 0 Å². The van der Waals surface area contributed by atoms with Crippen molar-refractivity contribution in [2.45, 2.75) is 64.4 Å². The van der Waals surface area contributed by atoms with Crippen LogP contribution in [0.2, 0.25) is 0 Å². The van der Waals surface area contributed by atoms with E-state index in [4.69, 9.17) is 4.74 Å². The highest BCUT2D eigenvalue weighted by Gasteiger charge is 2.13. The SMILES string of the molecule is Cc1ccc(C(CCCCc2ccccc2)OCCCN2CCCCC2)cc1. The lowest BCUT2D eigenvalue weighted by molar-refractivity contribution is 0.0378. The van der Waals surface area contributed by atoms with Gasteiger partial charge in [0.1, 0.15) is 0 Å². The lowest BCUT2D eigenvalue weighted by Gasteiger charge is -2.26. The zero-order chi connectivity index (χ0) is 19.4. The second-order valence-corrected chi connectivity index (χ2v) is 8.26. The van der Waals surface area contributed by atoms with Gasteiger partial charge in [-0.3, -0.25) is 0 Å². The number of hydrogen-bond acceptors (Lipinski definition) is 2. The molecule has 0 spiro atoms. The molecule has 1 aliphatic rings. The Bertz CT molecular complexity index is 646. The zero-order valence-electron chi connectivity index (χ0n) is 17.6. The van der Waals surface area contributed by atoms with Gasteiger partial charge in [-0.25, -0.2) is 0 Å². The van der Waals surface area contributed by atoms with Crippen LogP contribution >= 0.6 is 0 Å². The van der Waals surface area contributed by atoms with Crippen molar-refractivity contribution < 1.29 is 4.74 Å². The van der Waals surface area contributed by atoms with Crippen molar-refractivity contribution >= 4 is 0 Å². The van der Waals surface area contributed by atoms with Crippen LogP contribution in [0.5, 0.6) is 0 Å². The molecule has 2 heteroatoms. The molecular formula is C26H37NO. The third kappa shape index (κ3) is 7.41. The predicted octanol–water partition coefficient (Wildman–Crippen LogP) is 6.34. The van der Waals surface area contributed by atoms with Gasteiger partial charge >= 0.3 is 0 Å². The lowest BCUT2D eigenvalue weighted by Crippen LogP contribution is -2.31. The minimum atomic E-state index is 0.234. The van der Waals surface area contributed by atoms with E-state index in [1.165, 1.54) is 68.4 Å². The maximum absolute atomic E-state index is 6.38. The minimum absolute atomic E-state index is 0.234. The Kier molecular flexibility index (Phi) is 9.06.